The largest absolute Gasteiger partial charge is 0.314 e. The van der Waals surface area contributed by atoms with Gasteiger partial charge in [0.1, 0.15) is 5.82 Å². The van der Waals surface area contributed by atoms with E-state index in [-0.39, 0.29) is 5.41 Å². The Labute approximate surface area is 110 Å². The summed E-state index contributed by atoms with van der Waals surface area (Å²) in [5.41, 5.74) is 0.0131. The molecule has 1 aromatic heterocycles. The molecular formula is C13H25N5. The van der Waals surface area contributed by atoms with Crippen LogP contribution in [0.25, 0.3) is 0 Å². The van der Waals surface area contributed by atoms with E-state index in [1.807, 2.05) is 11.7 Å². The molecule has 102 valence electrons. The molecule has 5 nitrogen and oxygen atoms in total. The predicted molar refractivity (Wildman–Crippen MR) is 72.6 cm³/mol. The summed E-state index contributed by atoms with van der Waals surface area (Å²) in [6, 6.07) is 0.334. The maximum absolute atomic E-state index is 4.75. The van der Waals surface area contributed by atoms with Gasteiger partial charge in [-0.1, -0.05) is 20.8 Å². The van der Waals surface area contributed by atoms with Crippen LogP contribution < -0.4 is 5.32 Å². The van der Waals surface area contributed by atoms with E-state index in [2.05, 4.69) is 43.0 Å². The SMILES string of the molecule is CC(c1nc(C(C)(C)C)nn1C)N1CCNCC1. The second kappa shape index (κ2) is 4.97. The van der Waals surface area contributed by atoms with Crippen molar-refractivity contribution < 1.29 is 0 Å². The molecule has 1 fully saturated rings. The number of nitrogens with zero attached hydrogens (tertiary/aromatic N) is 4. The number of aryl methyl sites for hydroxylation is 1. The van der Waals surface area contributed by atoms with Crippen LogP contribution >= 0.6 is 0 Å². The van der Waals surface area contributed by atoms with Gasteiger partial charge in [0.2, 0.25) is 0 Å². The van der Waals surface area contributed by atoms with Crippen molar-refractivity contribution in [3.63, 3.8) is 0 Å². The summed E-state index contributed by atoms with van der Waals surface area (Å²) in [7, 11) is 2.00. The number of hydrogen-bond acceptors (Lipinski definition) is 4. The van der Waals surface area contributed by atoms with Gasteiger partial charge < -0.3 is 5.32 Å². The lowest BCUT2D eigenvalue weighted by Gasteiger charge is -2.32. The molecule has 0 bridgehead atoms. The Morgan fingerprint density at radius 2 is 1.83 bits per heavy atom. The fourth-order valence-electron chi connectivity index (χ4n) is 2.31. The van der Waals surface area contributed by atoms with Gasteiger partial charge in [-0.2, -0.15) is 5.10 Å². The number of nitrogens with one attached hydrogen (secondary N) is 1. The Kier molecular flexibility index (Phi) is 3.73. The van der Waals surface area contributed by atoms with Crippen LogP contribution in [0.1, 0.15) is 45.4 Å². The molecule has 1 unspecified atom stereocenters. The minimum absolute atomic E-state index is 0.0131. The lowest BCUT2D eigenvalue weighted by atomic mass is 9.96. The summed E-state index contributed by atoms with van der Waals surface area (Å²) in [6.07, 6.45) is 0. The second-order valence-electron chi connectivity index (χ2n) is 6.13. The smallest absolute Gasteiger partial charge is 0.156 e. The zero-order valence-electron chi connectivity index (χ0n) is 12.2. The van der Waals surface area contributed by atoms with E-state index in [0.29, 0.717) is 6.04 Å². The first-order valence-corrected chi connectivity index (χ1v) is 6.76. The lowest BCUT2D eigenvalue weighted by Crippen LogP contribution is -2.45. The quantitative estimate of drug-likeness (QED) is 0.854. The molecule has 1 atom stereocenters. The topological polar surface area (TPSA) is 46.0 Å². The van der Waals surface area contributed by atoms with Gasteiger partial charge in [-0.25, -0.2) is 4.98 Å². The van der Waals surface area contributed by atoms with Gasteiger partial charge in [-0.15, -0.1) is 0 Å². The van der Waals surface area contributed by atoms with Crippen molar-refractivity contribution in [1.29, 1.82) is 0 Å². The maximum Gasteiger partial charge on any atom is 0.156 e. The fraction of sp³-hybridized carbons (Fsp3) is 0.846. The van der Waals surface area contributed by atoms with Crippen LogP contribution in [-0.4, -0.2) is 45.8 Å². The normalized spacial score (nSPS) is 20.1. The van der Waals surface area contributed by atoms with Gasteiger partial charge >= 0.3 is 0 Å². The summed E-state index contributed by atoms with van der Waals surface area (Å²) in [5, 5.41) is 7.94. The van der Waals surface area contributed by atoms with Crippen molar-refractivity contribution in [2.75, 3.05) is 26.2 Å². The molecule has 0 spiro atoms. The summed E-state index contributed by atoms with van der Waals surface area (Å²) in [5.74, 6) is 2.00. The highest BCUT2D eigenvalue weighted by molar-refractivity contribution is 5.06. The van der Waals surface area contributed by atoms with Crippen LogP contribution in [0.4, 0.5) is 0 Å². The van der Waals surface area contributed by atoms with Crippen molar-refractivity contribution in [2.45, 2.75) is 39.2 Å². The molecule has 0 radical (unpaired) electrons. The molecule has 0 aliphatic carbocycles. The van der Waals surface area contributed by atoms with E-state index in [9.17, 15) is 0 Å². The van der Waals surface area contributed by atoms with Crippen molar-refractivity contribution in [3.05, 3.63) is 11.6 Å². The highest BCUT2D eigenvalue weighted by Crippen LogP contribution is 2.23. The van der Waals surface area contributed by atoms with Crippen molar-refractivity contribution in [1.82, 2.24) is 25.0 Å². The van der Waals surface area contributed by atoms with E-state index in [1.54, 1.807) is 0 Å². The standard InChI is InChI=1S/C13H25N5/c1-10(18-8-6-14-7-9-18)11-15-12(13(2,3)4)16-17(11)5/h10,14H,6-9H2,1-5H3. The number of aromatic nitrogens is 3. The molecule has 0 amide bonds. The molecule has 2 heterocycles. The van der Waals surface area contributed by atoms with Crippen LogP contribution in [0.2, 0.25) is 0 Å². The van der Waals surface area contributed by atoms with E-state index in [1.165, 1.54) is 0 Å². The fourth-order valence-corrected chi connectivity index (χ4v) is 2.31. The van der Waals surface area contributed by atoms with Crippen LogP contribution in [0.5, 0.6) is 0 Å². The summed E-state index contributed by atoms with van der Waals surface area (Å²) < 4.78 is 1.94. The number of rotatable bonds is 2. The third kappa shape index (κ3) is 2.72. The van der Waals surface area contributed by atoms with E-state index in [4.69, 9.17) is 4.98 Å². The van der Waals surface area contributed by atoms with E-state index < -0.39 is 0 Å². The molecule has 18 heavy (non-hydrogen) atoms. The molecule has 5 heteroatoms. The van der Waals surface area contributed by atoms with Gasteiger partial charge in [-0.3, -0.25) is 9.58 Å². The van der Waals surface area contributed by atoms with Crippen molar-refractivity contribution >= 4 is 0 Å². The Morgan fingerprint density at radius 3 is 2.33 bits per heavy atom. The number of hydrogen-bond donors (Lipinski definition) is 1. The van der Waals surface area contributed by atoms with Crippen molar-refractivity contribution in [2.24, 2.45) is 7.05 Å². The van der Waals surface area contributed by atoms with E-state index in [0.717, 1.165) is 37.8 Å². The summed E-state index contributed by atoms with van der Waals surface area (Å²) >= 11 is 0. The van der Waals surface area contributed by atoms with Gasteiger partial charge in [0.05, 0.1) is 6.04 Å². The van der Waals surface area contributed by atoms with Gasteiger partial charge in [-0.05, 0) is 6.92 Å². The highest BCUT2D eigenvalue weighted by Gasteiger charge is 2.26. The monoisotopic (exact) mass is 251 g/mol. The van der Waals surface area contributed by atoms with Crippen molar-refractivity contribution in [3.8, 4) is 0 Å². The zero-order valence-corrected chi connectivity index (χ0v) is 12.2. The molecule has 0 saturated carbocycles. The first-order chi connectivity index (χ1) is 8.39. The minimum Gasteiger partial charge on any atom is -0.314 e. The van der Waals surface area contributed by atoms with Crippen LogP contribution in [0.3, 0.4) is 0 Å². The Balaban J connectivity index is 2.19. The Bertz CT molecular complexity index is 398. The van der Waals surface area contributed by atoms with Gasteiger partial charge in [0.25, 0.3) is 0 Å². The maximum atomic E-state index is 4.75. The molecule has 1 aliphatic rings. The molecule has 1 aromatic rings. The molecule has 2 rings (SSSR count). The molecular weight excluding hydrogens is 226 g/mol. The van der Waals surface area contributed by atoms with Crippen LogP contribution in [0, 0.1) is 0 Å². The van der Waals surface area contributed by atoms with Gasteiger partial charge in [0.15, 0.2) is 5.82 Å². The van der Waals surface area contributed by atoms with Crippen LogP contribution in [-0.2, 0) is 12.5 Å². The minimum atomic E-state index is 0.0131. The number of piperazine rings is 1. The van der Waals surface area contributed by atoms with Gasteiger partial charge in [0, 0.05) is 38.6 Å². The summed E-state index contributed by atoms with van der Waals surface area (Å²) in [4.78, 5) is 7.21. The molecule has 1 saturated heterocycles. The van der Waals surface area contributed by atoms with Crippen LogP contribution in [0.15, 0.2) is 0 Å². The predicted octanol–water partition coefficient (Wildman–Crippen LogP) is 1.08. The van der Waals surface area contributed by atoms with E-state index >= 15 is 0 Å². The second-order valence-corrected chi connectivity index (χ2v) is 6.13. The first kappa shape index (κ1) is 13.5. The Morgan fingerprint density at radius 1 is 1.22 bits per heavy atom. The third-order valence-corrected chi connectivity index (χ3v) is 3.54. The first-order valence-electron chi connectivity index (χ1n) is 6.76. The lowest BCUT2D eigenvalue weighted by molar-refractivity contribution is 0.176. The summed E-state index contributed by atoms with van der Waals surface area (Å²) in [6.45, 7) is 13.0. The Hall–Kier alpha value is -0.940. The molecule has 1 aliphatic heterocycles. The molecule has 0 aromatic carbocycles. The third-order valence-electron chi connectivity index (χ3n) is 3.54. The average molecular weight is 251 g/mol. The highest BCUT2D eigenvalue weighted by atomic mass is 15.4. The zero-order chi connectivity index (χ0) is 13.3. The average Bonchev–Trinajstić information content (AvgIpc) is 2.71. The molecule has 1 N–H and O–H groups in total.